The van der Waals surface area contributed by atoms with E-state index in [9.17, 15) is 13.2 Å². The van der Waals surface area contributed by atoms with Crippen molar-refractivity contribution in [3.63, 3.8) is 0 Å². The Balaban J connectivity index is 1.38. The molecule has 2 aromatic heterocycles. The summed E-state index contributed by atoms with van der Waals surface area (Å²) in [6, 6.07) is 10.1. The van der Waals surface area contributed by atoms with E-state index in [0.29, 0.717) is 42.3 Å². The molecule has 0 saturated carbocycles. The van der Waals surface area contributed by atoms with Crippen LogP contribution < -0.4 is 5.32 Å². The van der Waals surface area contributed by atoms with E-state index in [-0.39, 0.29) is 11.9 Å². The van der Waals surface area contributed by atoms with Crippen LogP contribution in [0, 0.1) is 0 Å². The molecule has 140 valence electrons. The predicted molar refractivity (Wildman–Crippen MR) is 98.7 cm³/mol. The number of sulfonamides is 1. The Kier molecular flexibility index (Phi) is 4.63. The van der Waals surface area contributed by atoms with Gasteiger partial charge in [-0.3, -0.25) is 9.20 Å². The summed E-state index contributed by atoms with van der Waals surface area (Å²) < 4.78 is 28.5. The third kappa shape index (κ3) is 3.56. The minimum Gasteiger partial charge on any atom is -0.348 e. The Morgan fingerprint density at radius 1 is 1.11 bits per heavy atom. The fourth-order valence-corrected chi connectivity index (χ4v) is 4.67. The van der Waals surface area contributed by atoms with Gasteiger partial charge in [-0.2, -0.15) is 4.31 Å². The summed E-state index contributed by atoms with van der Waals surface area (Å²) >= 11 is 0. The number of hydrogen-bond acceptors (Lipinski definition) is 5. The number of benzene rings is 1. The molecular weight excluding hydrogens is 366 g/mol. The van der Waals surface area contributed by atoms with Crippen molar-refractivity contribution in [1.29, 1.82) is 0 Å². The Morgan fingerprint density at radius 2 is 1.85 bits per heavy atom. The van der Waals surface area contributed by atoms with Crippen LogP contribution in [0.5, 0.6) is 0 Å². The van der Waals surface area contributed by atoms with Gasteiger partial charge in [-0.05, 0) is 31.0 Å². The smallest absolute Gasteiger partial charge is 0.271 e. The SMILES string of the molecule is O=C(NC1CCN(S(=O)(=O)c2ccccc2)CC1)c1cn2cccnc2n1. The third-order valence-electron chi connectivity index (χ3n) is 4.64. The lowest BCUT2D eigenvalue weighted by molar-refractivity contribution is 0.0919. The quantitative estimate of drug-likeness (QED) is 0.730. The molecule has 0 atom stereocenters. The molecule has 0 radical (unpaired) electrons. The normalized spacial score (nSPS) is 16.4. The molecule has 0 bridgehead atoms. The first-order valence-electron chi connectivity index (χ1n) is 8.70. The number of fused-ring (bicyclic) bond motifs is 1. The molecule has 1 aliphatic heterocycles. The molecule has 3 aromatic rings. The second kappa shape index (κ2) is 7.09. The highest BCUT2D eigenvalue weighted by molar-refractivity contribution is 7.89. The Bertz CT molecular complexity index is 1020. The van der Waals surface area contributed by atoms with Crippen LogP contribution >= 0.6 is 0 Å². The molecule has 1 aliphatic rings. The van der Waals surface area contributed by atoms with Gasteiger partial charge in [-0.1, -0.05) is 18.2 Å². The van der Waals surface area contributed by atoms with Crippen molar-refractivity contribution < 1.29 is 13.2 Å². The average Bonchev–Trinajstić information content (AvgIpc) is 3.13. The van der Waals surface area contributed by atoms with Gasteiger partial charge in [0.2, 0.25) is 15.8 Å². The second-order valence-electron chi connectivity index (χ2n) is 6.42. The molecule has 1 N–H and O–H groups in total. The maximum Gasteiger partial charge on any atom is 0.271 e. The van der Waals surface area contributed by atoms with Gasteiger partial charge in [-0.15, -0.1) is 0 Å². The molecule has 1 amide bonds. The highest BCUT2D eigenvalue weighted by Gasteiger charge is 2.30. The lowest BCUT2D eigenvalue weighted by Gasteiger charge is -2.31. The van der Waals surface area contributed by atoms with Crippen molar-refractivity contribution in [2.45, 2.75) is 23.8 Å². The van der Waals surface area contributed by atoms with Gasteiger partial charge >= 0.3 is 0 Å². The maximum atomic E-state index is 12.7. The lowest BCUT2D eigenvalue weighted by atomic mass is 10.1. The topological polar surface area (TPSA) is 96.7 Å². The van der Waals surface area contributed by atoms with Crippen LogP contribution in [0.1, 0.15) is 23.3 Å². The van der Waals surface area contributed by atoms with Crippen molar-refractivity contribution in [1.82, 2.24) is 24.0 Å². The number of amides is 1. The number of nitrogens with one attached hydrogen (secondary N) is 1. The lowest BCUT2D eigenvalue weighted by Crippen LogP contribution is -2.46. The number of carbonyl (C=O) groups excluding carboxylic acids is 1. The largest absolute Gasteiger partial charge is 0.348 e. The van der Waals surface area contributed by atoms with E-state index in [4.69, 9.17) is 0 Å². The van der Waals surface area contributed by atoms with Gasteiger partial charge in [-0.25, -0.2) is 18.4 Å². The summed E-state index contributed by atoms with van der Waals surface area (Å²) in [5.74, 6) is 0.191. The molecule has 0 spiro atoms. The van der Waals surface area contributed by atoms with Gasteiger partial charge in [0, 0.05) is 37.7 Å². The van der Waals surface area contributed by atoms with Gasteiger partial charge < -0.3 is 5.32 Å². The standard InChI is InChI=1S/C18H19N5O3S/c24-17(16-13-22-10-4-9-19-18(22)21-16)20-14-7-11-23(12-8-14)27(25,26)15-5-2-1-3-6-15/h1-6,9-10,13-14H,7-8,11-12H2,(H,20,24). The van der Waals surface area contributed by atoms with Gasteiger partial charge in [0.25, 0.3) is 5.91 Å². The fourth-order valence-electron chi connectivity index (χ4n) is 3.18. The fraction of sp³-hybridized carbons (Fsp3) is 0.278. The number of rotatable bonds is 4. The number of piperidine rings is 1. The Morgan fingerprint density at radius 3 is 2.56 bits per heavy atom. The van der Waals surface area contributed by atoms with E-state index in [0.717, 1.165) is 0 Å². The van der Waals surface area contributed by atoms with Crippen LogP contribution in [0.3, 0.4) is 0 Å². The highest BCUT2D eigenvalue weighted by atomic mass is 32.2. The maximum absolute atomic E-state index is 12.7. The van der Waals surface area contributed by atoms with Crippen molar-refractivity contribution in [2.75, 3.05) is 13.1 Å². The first-order valence-corrected chi connectivity index (χ1v) is 10.1. The molecule has 8 nitrogen and oxygen atoms in total. The van der Waals surface area contributed by atoms with Crippen molar-refractivity contribution in [2.24, 2.45) is 0 Å². The van der Waals surface area contributed by atoms with Crippen molar-refractivity contribution >= 4 is 21.7 Å². The molecule has 0 unspecified atom stereocenters. The van der Waals surface area contributed by atoms with E-state index >= 15 is 0 Å². The number of nitrogens with zero attached hydrogens (tertiary/aromatic N) is 4. The molecule has 9 heteroatoms. The summed E-state index contributed by atoms with van der Waals surface area (Å²) in [5.41, 5.74) is 0.299. The van der Waals surface area contributed by atoms with Crippen LogP contribution in [0.15, 0.2) is 59.9 Å². The average molecular weight is 385 g/mol. The van der Waals surface area contributed by atoms with Crippen LogP contribution in [0.2, 0.25) is 0 Å². The van der Waals surface area contributed by atoms with E-state index in [1.807, 2.05) is 0 Å². The summed E-state index contributed by atoms with van der Waals surface area (Å²) in [6.45, 7) is 0.740. The number of imidazole rings is 1. The van der Waals surface area contributed by atoms with Crippen molar-refractivity contribution in [3.05, 3.63) is 60.7 Å². The van der Waals surface area contributed by atoms with E-state index in [1.165, 1.54) is 4.31 Å². The molecule has 1 fully saturated rings. The first-order chi connectivity index (χ1) is 13.0. The molecule has 1 aromatic carbocycles. The minimum atomic E-state index is -3.49. The molecule has 4 rings (SSSR count). The zero-order valence-electron chi connectivity index (χ0n) is 14.5. The summed E-state index contributed by atoms with van der Waals surface area (Å²) in [7, 11) is -3.49. The highest BCUT2D eigenvalue weighted by Crippen LogP contribution is 2.20. The van der Waals surface area contributed by atoms with E-state index in [1.54, 1.807) is 59.4 Å². The molecule has 0 aliphatic carbocycles. The molecular formula is C18H19N5O3S. The summed E-state index contributed by atoms with van der Waals surface area (Å²) in [4.78, 5) is 21.0. The van der Waals surface area contributed by atoms with Crippen LogP contribution in [-0.4, -0.2) is 52.1 Å². The van der Waals surface area contributed by atoms with Crippen molar-refractivity contribution in [3.8, 4) is 0 Å². The Hall–Kier alpha value is -2.78. The van der Waals surface area contributed by atoms with Crippen LogP contribution in [0.25, 0.3) is 5.78 Å². The Labute approximate surface area is 156 Å². The van der Waals surface area contributed by atoms with Gasteiger partial charge in [0.15, 0.2) is 0 Å². The number of aromatic nitrogens is 3. The number of hydrogen-bond donors (Lipinski definition) is 1. The summed E-state index contributed by atoms with van der Waals surface area (Å²) in [5, 5.41) is 2.94. The second-order valence-corrected chi connectivity index (χ2v) is 8.36. The van der Waals surface area contributed by atoms with Crippen LogP contribution in [0.4, 0.5) is 0 Å². The van der Waals surface area contributed by atoms with Gasteiger partial charge in [0.05, 0.1) is 4.90 Å². The van der Waals surface area contributed by atoms with E-state index < -0.39 is 10.0 Å². The predicted octanol–water partition coefficient (Wildman–Crippen LogP) is 1.31. The first kappa shape index (κ1) is 17.6. The molecule has 3 heterocycles. The molecule has 1 saturated heterocycles. The number of carbonyl (C=O) groups is 1. The van der Waals surface area contributed by atoms with Crippen LogP contribution in [-0.2, 0) is 10.0 Å². The third-order valence-corrected chi connectivity index (χ3v) is 6.55. The zero-order chi connectivity index (χ0) is 18.9. The summed E-state index contributed by atoms with van der Waals surface area (Å²) in [6.07, 6.45) is 6.14. The van der Waals surface area contributed by atoms with Gasteiger partial charge in [0.1, 0.15) is 5.69 Å². The van der Waals surface area contributed by atoms with E-state index in [2.05, 4.69) is 15.3 Å². The monoisotopic (exact) mass is 385 g/mol. The molecule has 27 heavy (non-hydrogen) atoms. The zero-order valence-corrected chi connectivity index (χ0v) is 15.3. The minimum absolute atomic E-state index is 0.0857.